The van der Waals surface area contributed by atoms with Gasteiger partial charge >= 0.3 is 0 Å². The predicted molar refractivity (Wildman–Crippen MR) is 96.5 cm³/mol. The largest absolute Gasteiger partial charge is 0.497 e. The molecule has 0 aliphatic heterocycles. The summed E-state index contributed by atoms with van der Waals surface area (Å²) in [6.07, 6.45) is 0. The molecule has 1 amide bonds. The van der Waals surface area contributed by atoms with Gasteiger partial charge in [-0.3, -0.25) is 4.79 Å². The third kappa shape index (κ3) is 6.08. The third-order valence-corrected chi connectivity index (χ3v) is 3.45. The average molecular weight is 361 g/mol. The fourth-order valence-corrected chi connectivity index (χ4v) is 2.10. The lowest BCUT2D eigenvalue weighted by Gasteiger charge is -2.11. The molecule has 0 saturated carbocycles. The molecule has 0 aromatic heterocycles. The summed E-state index contributed by atoms with van der Waals surface area (Å²) in [4.78, 5) is 11.8. The van der Waals surface area contributed by atoms with Crippen molar-refractivity contribution in [3.8, 4) is 28.7 Å². The molecule has 1 N–H and O–H groups in total. The number of rotatable bonds is 10. The quantitative estimate of drug-likeness (QED) is 0.655. The highest BCUT2D eigenvalue weighted by molar-refractivity contribution is 5.77. The lowest BCUT2D eigenvalue weighted by atomic mass is 10.3. The van der Waals surface area contributed by atoms with Crippen LogP contribution in [0.15, 0.2) is 42.5 Å². The second-order valence-electron chi connectivity index (χ2n) is 5.21. The molecule has 7 nitrogen and oxygen atoms in total. The van der Waals surface area contributed by atoms with Crippen molar-refractivity contribution >= 4 is 5.91 Å². The van der Waals surface area contributed by atoms with Crippen LogP contribution in [0.1, 0.15) is 0 Å². The number of carbonyl (C=O) groups excluding carboxylic acids is 1. The van der Waals surface area contributed by atoms with Crippen molar-refractivity contribution in [3.63, 3.8) is 0 Å². The summed E-state index contributed by atoms with van der Waals surface area (Å²) in [5, 5.41) is 2.73. The first-order valence-electron chi connectivity index (χ1n) is 8.04. The Labute approximate surface area is 152 Å². The topological polar surface area (TPSA) is 75.3 Å². The molecule has 0 bridgehead atoms. The number of hydrogen-bond acceptors (Lipinski definition) is 6. The number of nitrogens with one attached hydrogen (secondary N) is 1. The molecule has 0 unspecified atom stereocenters. The van der Waals surface area contributed by atoms with Crippen LogP contribution in [0.5, 0.6) is 28.7 Å². The van der Waals surface area contributed by atoms with Crippen molar-refractivity contribution in [2.75, 3.05) is 41.1 Å². The van der Waals surface area contributed by atoms with Gasteiger partial charge in [0.2, 0.25) is 0 Å². The van der Waals surface area contributed by atoms with E-state index in [1.807, 2.05) is 12.1 Å². The van der Waals surface area contributed by atoms with E-state index in [0.29, 0.717) is 36.1 Å². The fourth-order valence-electron chi connectivity index (χ4n) is 2.10. The molecular weight excluding hydrogens is 338 g/mol. The molecule has 140 valence electrons. The summed E-state index contributed by atoms with van der Waals surface area (Å²) in [5.74, 6) is 2.90. The molecule has 0 fully saturated rings. The molecule has 2 aromatic rings. The highest BCUT2D eigenvalue weighted by Crippen LogP contribution is 2.27. The van der Waals surface area contributed by atoms with Crippen molar-refractivity contribution in [1.29, 1.82) is 0 Å². The van der Waals surface area contributed by atoms with Gasteiger partial charge in [-0.15, -0.1) is 0 Å². The van der Waals surface area contributed by atoms with Gasteiger partial charge in [-0.25, -0.2) is 0 Å². The van der Waals surface area contributed by atoms with Gasteiger partial charge in [0, 0.05) is 18.2 Å². The maximum absolute atomic E-state index is 11.8. The molecule has 0 radical (unpaired) electrons. The molecular formula is C19H23NO6. The standard InChI is InChI=1S/C19H23NO6/c1-22-14-4-6-15(7-5-14)25-9-8-20-19(21)13-26-18-11-16(23-2)10-17(12-18)24-3/h4-7,10-12H,8-9,13H2,1-3H3,(H,20,21). The van der Waals surface area contributed by atoms with Crippen molar-refractivity contribution in [3.05, 3.63) is 42.5 Å². The number of carbonyl (C=O) groups is 1. The van der Waals surface area contributed by atoms with Crippen LogP contribution < -0.4 is 29.0 Å². The zero-order valence-electron chi connectivity index (χ0n) is 15.1. The van der Waals surface area contributed by atoms with E-state index in [1.54, 1.807) is 51.7 Å². The van der Waals surface area contributed by atoms with E-state index in [9.17, 15) is 4.79 Å². The first kappa shape index (κ1) is 19.2. The van der Waals surface area contributed by atoms with Gasteiger partial charge in [0.25, 0.3) is 5.91 Å². The zero-order valence-corrected chi connectivity index (χ0v) is 15.1. The SMILES string of the molecule is COc1ccc(OCCNC(=O)COc2cc(OC)cc(OC)c2)cc1. The van der Waals surface area contributed by atoms with Gasteiger partial charge in [-0.05, 0) is 24.3 Å². The summed E-state index contributed by atoms with van der Waals surface area (Å²) in [7, 11) is 4.71. The number of benzene rings is 2. The van der Waals surface area contributed by atoms with Crippen molar-refractivity contribution in [2.24, 2.45) is 0 Å². The first-order chi connectivity index (χ1) is 12.6. The van der Waals surface area contributed by atoms with E-state index in [1.165, 1.54) is 0 Å². The summed E-state index contributed by atoms with van der Waals surface area (Å²) in [6.45, 7) is 0.611. The Balaban J connectivity index is 1.70. The van der Waals surface area contributed by atoms with Crippen LogP contribution in [0.25, 0.3) is 0 Å². The molecule has 7 heteroatoms. The highest BCUT2D eigenvalue weighted by atomic mass is 16.5. The first-order valence-corrected chi connectivity index (χ1v) is 8.04. The van der Waals surface area contributed by atoms with E-state index in [2.05, 4.69) is 5.32 Å². The number of hydrogen-bond donors (Lipinski definition) is 1. The van der Waals surface area contributed by atoms with Gasteiger partial charge < -0.3 is 29.0 Å². The van der Waals surface area contributed by atoms with Crippen molar-refractivity contribution in [1.82, 2.24) is 5.32 Å². The smallest absolute Gasteiger partial charge is 0.258 e. The van der Waals surface area contributed by atoms with E-state index in [0.717, 1.165) is 5.75 Å². The Morgan fingerprint density at radius 1 is 0.769 bits per heavy atom. The van der Waals surface area contributed by atoms with Gasteiger partial charge in [0.1, 0.15) is 35.4 Å². The number of ether oxygens (including phenoxy) is 5. The monoisotopic (exact) mass is 361 g/mol. The van der Waals surface area contributed by atoms with Crippen LogP contribution in [-0.2, 0) is 4.79 Å². The second-order valence-corrected chi connectivity index (χ2v) is 5.21. The molecule has 0 heterocycles. The molecule has 0 saturated heterocycles. The minimum Gasteiger partial charge on any atom is -0.497 e. The summed E-state index contributed by atoms with van der Waals surface area (Å²) < 4.78 is 26.4. The third-order valence-electron chi connectivity index (χ3n) is 3.45. The maximum Gasteiger partial charge on any atom is 0.258 e. The predicted octanol–water partition coefficient (Wildman–Crippen LogP) is 2.29. The van der Waals surface area contributed by atoms with Crippen LogP contribution in [0, 0.1) is 0 Å². The van der Waals surface area contributed by atoms with E-state index in [-0.39, 0.29) is 12.5 Å². The lowest BCUT2D eigenvalue weighted by Crippen LogP contribution is -2.32. The minimum atomic E-state index is -0.245. The zero-order chi connectivity index (χ0) is 18.8. The Hall–Kier alpha value is -3.09. The molecule has 26 heavy (non-hydrogen) atoms. The van der Waals surface area contributed by atoms with Crippen LogP contribution in [0.4, 0.5) is 0 Å². The molecule has 0 atom stereocenters. The molecule has 2 rings (SSSR count). The maximum atomic E-state index is 11.8. The summed E-state index contributed by atoms with van der Waals surface area (Å²) >= 11 is 0. The lowest BCUT2D eigenvalue weighted by molar-refractivity contribution is -0.123. The van der Waals surface area contributed by atoms with Crippen LogP contribution in [-0.4, -0.2) is 47.0 Å². The highest BCUT2D eigenvalue weighted by Gasteiger charge is 2.06. The van der Waals surface area contributed by atoms with Crippen molar-refractivity contribution in [2.45, 2.75) is 0 Å². The van der Waals surface area contributed by atoms with Crippen molar-refractivity contribution < 1.29 is 28.5 Å². The number of methoxy groups -OCH3 is 3. The second kappa shape index (κ2) is 10.0. The summed E-state index contributed by atoms with van der Waals surface area (Å²) in [5.41, 5.74) is 0. The average Bonchev–Trinajstić information content (AvgIpc) is 2.69. The van der Waals surface area contributed by atoms with E-state index >= 15 is 0 Å². The Kier molecular flexibility index (Phi) is 7.42. The molecule has 0 aliphatic rings. The fraction of sp³-hybridized carbons (Fsp3) is 0.316. The van der Waals surface area contributed by atoms with E-state index in [4.69, 9.17) is 23.7 Å². The Bertz CT molecular complexity index is 679. The number of amides is 1. The van der Waals surface area contributed by atoms with Crippen LogP contribution >= 0.6 is 0 Å². The molecule has 2 aromatic carbocycles. The normalized spacial score (nSPS) is 9.96. The summed E-state index contributed by atoms with van der Waals surface area (Å²) in [6, 6.07) is 12.3. The van der Waals surface area contributed by atoms with Gasteiger partial charge in [-0.2, -0.15) is 0 Å². The van der Waals surface area contributed by atoms with Gasteiger partial charge in [-0.1, -0.05) is 0 Å². The van der Waals surface area contributed by atoms with Crippen LogP contribution in [0.3, 0.4) is 0 Å². The molecule has 0 aliphatic carbocycles. The van der Waals surface area contributed by atoms with Gasteiger partial charge in [0.15, 0.2) is 6.61 Å². The Morgan fingerprint density at radius 2 is 1.31 bits per heavy atom. The van der Waals surface area contributed by atoms with Gasteiger partial charge in [0.05, 0.1) is 27.9 Å². The minimum absolute atomic E-state index is 0.112. The Morgan fingerprint density at radius 3 is 1.88 bits per heavy atom. The van der Waals surface area contributed by atoms with Crippen LogP contribution in [0.2, 0.25) is 0 Å². The van der Waals surface area contributed by atoms with E-state index < -0.39 is 0 Å². The molecule has 0 spiro atoms.